The van der Waals surface area contributed by atoms with Crippen LogP contribution in [0.2, 0.25) is 0 Å². The minimum Gasteiger partial charge on any atom is -0.308 e. The van der Waals surface area contributed by atoms with Crippen LogP contribution in [0.1, 0.15) is 31.5 Å². The molecule has 0 saturated heterocycles. The van der Waals surface area contributed by atoms with Gasteiger partial charge in [-0.05, 0) is 38.9 Å². The second-order valence-electron chi connectivity index (χ2n) is 4.79. The summed E-state index contributed by atoms with van der Waals surface area (Å²) in [4.78, 5) is 6.46. The smallest absolute Gasteiger partial charge is 0.141 e. The predicted molar refractivity (Wildman–Crippen MR) is 66.3 cm³/mol. The van der Waals surface area contributed by atoms with Crippen molar-refractivity contribution < 1.29 is 4.39 Å². The van der Waals surface area contributed by atoms with Crippen molar-refractivity contribution in [3.05, 3.63) is 29.8 Å². The Hall–Kier alpha value is -1.00. The SMILES string of the molecule is CC(NCCN(C)C1CC1)c1ccc(F)cn1. The average Bonchev–Trinajstić information content (AvgIpc) is 3.13. The van der Waals surface area contributed by atoms with Crippen LogP contribution in [-0.2, 0) is 0 Å². The number of hydrogen-bond acceptors (Lipinski definition) is 3. The second kappa shape index (κ2) is 5.56. The Balaban J connectivity index is 1.72. The third-order valence-electron chi connectivity index (χ3n) is 3.28. The molecule has 1 aromatic heterocycles. The Kier molecular flexibility index (Phi) is 4.07. The van der Waals surface area contributed by atoms with E-state index in [0.29, 0.717) is 0 Å². The van der Waals surface area contributed by atoms with Crippen molar-refractivity contribution in [1.82, 2.24) is 15.2 Å². The maximum Gasteiger partial charge on any atom is 0.141 e. The lowest BCUT2D eigenvalue weighted by atomic mass is 10.2. The largest absolute Gasteiger partial charge is 0.308 e. The molecule has 0 aromatic carbocycles. The third kappa shape index (κ3) is 3.75. The molecule has 94 valence electrons. The first-order chi connectivity index (χ1) is 8.16. The molecule has 4 heteroatoms. The zero-order valence-corrected chi connectivity index (χ0v) is 10.5. The highest BCUT2D eigenvalue weighted by molar-refractivity contribution is 5.08. The van der Waals surface area contributed by atoms with Gasteiger partial charge in [0.2, 0.25) is 0 Å². The van der Waals surface area contributed by atoms with E-state index in [-0.39, 0.29) is 11.9 Å². The fourth-order valence-corrected chi connectivity index (χ4v) is 1.90. The number of hydrogen-bond donors (Lipinski definition) is 1. The van der Waals surface area contributed by atoms with E-state index in [9.17, 15) is 4.39 Å². The molecule has 0 aliphatic heterocycles. The van der Waals surface area contributed by atoms with Gasteiger partial charge in [-0.15, -0.1) is 0 Å². The lowest BCUT2D eigenvalue weighted by molar-refractivity contribution is 0.316. The molecule has 2 rings (SSSR count). The summed E-state index contributed by atoms with van der Waals surface area (Å²) in [6.07, 6.45) is 3.95. The molecule has 1 saturated carbocycles. The molecular weight excluding hydrogens is 217 g/mol. The van der Waals surface area contributed by atoms with Crippen LogP contribution in [0, 0.1) is 5.82 Å². The predicted octanol–water partition coefficient (Wildman–Crippen LogP) is 1.97. The molecule has 0 radical (unpaired) electrons. The van der Waals surface area contributed by atoms with E-state index >= 15 is 0 Å². The quantitative estimate of drug-likeness (QED) is 0.820. The highest BCUT2D eigenvalue weighted by Gasteiger charge is 2.25. The summed E-state index contributed by atoms with van der Waals surface area (Å²) < 4.78 is 12.7. The van der Waals surface area contributed by atoms with Crippen molar-refractivity contribution in [2.45, 2.75) is 31.8 Å². The fourth-order valence-electron chi connectivity index (χ4n) is 1.90. The molecule has 1 aromatic rings. The Morgan fingerprint density at radius 2 is 2.29 bits per heavy atom. The van der Waals surface area contributed by atoms with Crippen LogP contribution in [0.25, 0.3) is 0 Å². The molecule has 1 atom stereocenters. The molecule has 1 heterocycles. The first-order valence-corrected chi connectivity index (χ1v) is 6.22. The highest BCUT2D eigenvalue weighted by Crippen LogP contribution is 2.24. The summed E-state index contributed by atoms with van der Waals surface area (Å²) in [7, 11) is 2.17. The topological polar surface area (TPSA) is 28.2 Å². The zero-order chi connectivity index (χ0) is 12.3. The molecular formula is C13H20FN3. The zero-order valence-electron chi connectivity index (χ0n) is 10.5. The van der Waals surface area contributed by atoms with E-state index in [2.05, 4.69) is 29.2 Å². The first kappa shape index (κ1) is 12.5. The van der Waals surface area contributed by atoms with Crippen molar-refractivity contribution >= 4 is 0 Å². The minimum atomic E-state index is -0.283. The molecule has 1 aliphatic carbocycles. The summed E-state index contributed by atoms with van der Waals surface area (Å²) in [5.74, 6) is -0.283. The van der Waals surface area contributed by atoms with Gasteiger partial charge in [-0.2, -0.15) is 0 Å². The monoisotopic (exact) mass is 237 g/mol. The summed E-state index contributed by atoms with van der Waals surface area (Å²) >= 11 is 0. The van der Waals surface area contributed by atoms with Gasteiger partial charge < -0.3 is 10.2 Å². The standard InChI is InChI=1S/C13H20FN3/c1-10(13-6-3-11(14)9-16-13)15-7-8-17(2)12-4-5-12/h3,6,9-10,12,15H,4-5,7-8H2,1-2H3. The van der Waals surface area contributed by atoms with E-state index in [1.807, 2.05) is 0 Å². The van der Waals surface area contributed by atoms with Gasteiger partial charge in [0.15, 0.2) is 0 Å². The Labute approximate surface area is 102 Å². The van der Waals surface area contributed by atoms with Crippen molar-refractivity contribution in [2.24, 2.45) is 0 Å². The molecule has 1 N–H and O–H groups in total. The van der Waals surface area contributed by atoms with E-state index in [4.69, 9.17) is 0 Å². The number of nitrogens with zero attached hydrogens (tertiary/aromatic N) is 2. The summed E-state index contributed by atoms with van der Waals surface area (Å²) in [5.41, 5.74) is 0.889. The van der Waals surface area contributed by atoms with Crippen LogP contribution >= 0.6 is 0 Å². The van der Waals surface area contributed by atoms with Gasteiger partial charge >= 0.3 is 0 Å². The highest BCUT2D eigenvalue weighted by atomic mass is 19.1. The van der Waals surface area contributed by atoms with Crippen LogP contribution in [-0.4, -0.2) is 36.1 Å². The van der Waals surface area contributed by atoms with E-state index < -0.39 is 0 Å². The normalized spacial score (nSPS) is 17.4. The number of likely N-dealkylation sites (N-methyl/N-ethyl adjacent to an activating group) is 1. The number of halogens is 1. The summed E-state index contributed by atoms with van der Waals surface area (Å²) in [5, 5.41) is 3.41. The molecule has 0 amide bonds. The molecule has 1 aliphatic rings. The molecule has 0 spiro atoms. The number of pyridine rings is 1. The molecule has 3 nitrogen and oxygen atoms in total. The molecule has 1 unspecified atom stereocenters. The van der Waals surface area contributed by atoms with E-state index in [1.54, 1.807) is 6.07 Å². The van der Waals surface area contributed by atoms with E-state index in [1.165, 1.54) is 25.1 Å². The third-order valence-corrected chi connectivity index (χ3v) is 3.28. The summed E-state index contributed by atoms with van der Waals surface area (Å²) in [6.45, 7) is 4.04. The number of rotatable bonds is 6. The molecule has 1 fully saturated rings. The van der Waals surface area contributed by atoms with Gasteiger partial charge in [-0.25, -0.2) is 4.39 Å². The Morgan fingerprint density at radius 1 is 1.53 bits per heavy atom. The Morgan fingerprint density at radius 3 is 2.88 bits per heavy atom. The number of nitrogens with one attached hydrogen (secondary N) is 1. The first-order valence-electron chi connectivity index (χ1n) is 6.22. The van der Waals surface area contributed by atoms with Crippen LogP contribution in [0.4, 0.5) is 4.39 Å². The van der Waals surface area contributed by atoms with Gasteiger partial charge in [0, 0.05) is 25.2 Å². The van der Waals surface area contributed by atoms with Gasteiger partial charge in [-0.3, -0.25) is 4.98 Å². The maximum atomic E-state index is 12.7. The van der Waals surface area contributed by atoms with Crippen LogP contribution < -0.4 is 5.32 Å². The summed E-state index contributed by atoms with van der Waals surface area (Å²) in [6, 6.07) is 4.16. The van der Waals surface area contributed by atoms with Crippen molar-refractivity contribution in [3.8, 4) is 0 Å². The lowest BCUT2D eigenvalue weighted by Gasteiger charge is -2.18. The lowest BCUT2D eigenvalue weighted by Crippen LogP contribution is -2.32. The van der Waals surface area contributed by atoms with Crippen LogP contribution in [0.5, 0.6) is 0 Å². The van der Waals surface area contributed by atoms with Crippen LogP contribution in [0.3, 0.4) is 0 Å². The molecule has 17 heavy (non-hydrogen) atoms. The van der Waals surface area contributed by atoms with Crippen molar-refractivity contribution in [1.29, 1.82) is 0 Å². The van der Waals surface area contributed by atoms with Gasteiger partial charge in [-0.1, -0.05) is 0 Å². The van der Waals surface area contributed by atoms with Gasteiger partial charge in [0.1, 0.15) is 5.82 Å². The van der Waals surface area contributed by atoms with Gasteiger partial charge in [0.05, 0.1) is 11.9 Å². The van der Waals surface area contributed by atoms with Crippen LogP contribution in [0.15, 0.2) is 18.3 Å². The van der Waals surface area contributed by atoms with Crippen molar-refractivity contribution in [2.75, 3.05) is 20.1 Å². The van der Waals surface area contributed by atoms with E-state index in [0.717, 1.165) is 24.8 Å². The van der Waals surface area contributed by atoms with Crippen molar-refractivity contribution in [3.63, 3.8) is 0 Å². The van der Waals surface area contributed by atoms with Gasteiger partial charge in [0.25, 0.3) is 0 Å². The maximum absolute atomic E-state index is 12.7. The second-order valence-corrected chi connectivity index (χ2v) is 4.79. The number of aromatic nitrogens is 1. The average molecular weight is 237 g/mol. The fraction of sp³-hybridized carbons (Fsp3) is 0.615. The molecule has 0 bridgehead atoms. The minimum absolute atomic E-state index is 0.170. The Bertz CT molecular complexity index is 348.